The van der Waals surface area contributed by atoms with Crippen LogP contribution in [0.25, 0.3) is 11.3 Å². The third kappa shape index (κ3) is 3.54. The molecule has 1 fully saturated rings. The van der Waals surface area contributed by atoms with Gasteiger partial charge in [0, 0.05) is 41.6 Å². The van der Waals surface area contributed by atoms with Gasteiger partial charge in [0.2, 0.25) is 0 Å². The van der Waals surface area contributed by atoms with E-state index in [2.05, 4.69) is 0 Å². The highest BCUT2D eigenvalue weighted by Gasteiger charge is 2.32. The van der Waals surface area contributed by atoms with E-state index in [4.69, 9.17) is 26.3 Å². The predicted octanol–water partition coefficient (Wildman–Crippen LogP) is 4.88. The summed E-state index contributed by atoms with van der Waals surface area (Å²) in [5.74, 6) is 1.95. The Bertz CT molecular complexity index is 1110. The van der Waals surface area contributed by atoms with Crippen LogP contribution in [0.2, 0.25) is 5.02 Å². The van der Waals surface area contributed by atoms with Crippen molar-refractivity contribution in [2.45, 2.75) is 31.7 Å². The van der Waals surface area contributed by atoms with Gasteiger partial charge in [-0.3, -0.25) is 4.79 Å². The first-order chi connectivity index (χ1) is 14.6. The molecule has 1 saturated carbocycles. The van der Waals surface area contributed by atoms with Gasteiger partial charge in [0.05, 0.1) is 24.1 Å². The molecule has 0 spiro atoms. The second-order valence-corrected chi connectivity index (χ2v) is 8.25. The van der Waals surface area contributed by atoms with Crippen LogP contribution in [0.15, 0.2) is 48.5 Å². The third-order valence-corrected chi connectivity index (χ3v) is 6.01. The van der Waals surface area contributed by atoms with Crippen molar-refractivity contribution in [3.8, 4) is 17.0 Å². The fourth-order valence-corrected chi connectivity index (χ4v) is 4.09. The zero-order valence-electron chi connectivity index (χ0n) is 16.8. The Morgan fingerprint density at radius 3 is 2.60 bits per heavy atom. The zero-order chi connectivity index (χ0) is 20.7. The van der Waals surface area contributed by atoms with Gasteiger partial charge >= 0.3 is 0 Å². The molecule has 1 aliphatic heterocycles. The highest BCUT2D eigenvalue weighted by atomic mass is 35.5. The van der Waals surface area contributed by atoms with Crippen molar-refractivity contribution in [3.05, 3.63) is 76.2 Å². The van der Waals surface area contributed by atoms with Crippen LogP contribution >= 0.6 is 11.6 Å². The Morgan fingerprint density at radius 1 is 1.10 bits per heavy atom. The molecule has 0 unspecified atom stereocenters. The van der Waals surface area contributed by atoms with Crippen LogP contribution in [-0.2, 0) is 13.0 Å². The molecule has 5 nitrogen and oxygen atoms in total. The number of aromatic nitrogens is 2. The number of nitrogens with zero attached hydrogens (tertiary/aromatic N) is 3. The Morgan fingerprint density at radius 2 is 1.87 bits per heavy atom. The number of ether oxygens (including phenoxy) is 1. The molecule has 2 aliphatic rings. The number of fused-ring (bicyclic) bond motifs is 1. The Hall–Kier alpha value is -2.92. The summed E-state index contributed by atoms with van der Waals surface area (Å²) in [5.41, 5.74) is 4.58. The second kappa shape index (κ2) is 7.73. The minimum Gasteiger partial charge on any atom is -0.496 e. The lowest BCUT2D eigenvalue weighted by molar-refractivity contribution is 0.0730. The summed E-state index contributed by atoms with van der Waals surface area (Å²) in [4.78, 5) is 24.9. The van der Waals surface area contributed by atoms with Gasteiger partial charge in [-0.25, -0.2) is 9.97 Å². The minimum absolute atomic E-state index is 0.0357. The average Bonchev–Trinajstić information content (AvgIpc) is 3.63. The lowest BCUT2D eigenvalue weighted by Gasteiger charge is -2.30. The summed E-state index contributed by atoms with van der Waals surface area (Å²) < 4.78 is 5.40. The SMILES string of the molecule is COc1ccccc1C(=O)N1CCc2nc(C3CC3)nc(-c3ccc(Cl)cc3)c2C1. The fourth-order valence-electron chi connectivity index (χ4n) is 3.97. The molecule has 0 N–H and O–H groups in total. The van der Waals surface area contributed by atoms with E-state index in [1.54, 1.807) is 7.11 Å². The molecule has 1 aromatic heterocycles. The van der Waals surface area contributed by atoms with Crippen molar-refractivity contribution in [3.63, 3.8) is 0 Å². The number of benzene rings is 2. The molecular formula is C24H22ClN3O2. The van der Waals surface area contributed by atoms with Crippen LogP contribution in [0.3, 0.4) is 0 Å². The van der Waals surface area contributed by atoms with E-state index in [9.17, 15) is 4.79 Å². The number of methoxy groups -OCH3 is 1. The average molecular weight is 420 g/mol. The number of hydrogen-bond acceptors (Lipinski definition) is 4. The lowest BCUT2D eigenvalue weighted by atomic mass is 9.98. The number of carbonyl (C=O) groups is 1. The quantitative estimate of drug-likeness (QED) is 0.604. The van der Waals surface area contributed by atoms with Gasteiger partial charge in [0.25, 0.3) is 5.91 Å². The van der Waals surface area contributed by atoms with Crippen molar-refractivity contribution in [2.75, 3.05) is 13.7 Å². The largest absolute Gasteiger partial charge is 0.496 e. The number of para-hydroxylation sites is 1. The first-order valence-corrected chi connectivity index (χ1v) is 10.6. The number of hydrogen-bond donors (Lipinski definition) is 0. The van der Waals surface area contributed by atoms with Crippen molar-refractivity contribution in [2.24, 2.45) is 0 Å². The van der Waals surface area contributed by atoms with Gasteiger partial charge in [0.15, 0.2) is 0 Å². The fraction of sp³-hybridized carbons (Fsp3) is 0.292. The van der Waals surface area contributed by atoms with Crippen molar-refractivity contribution >= 4 is 17.5 Å². The molecule has 0 saturated heterocycles. The molecule has 2 aromatic carbocycles. The monoisotopic (exact) mass is 419 g/mol. The molecular weight excluding hydrogens is 398 g/mol. The van der Waals surface area contributed by atoms with E-state index in [0.717, 1.165) is 47.6 Å². The summed E-state index contributed by atoms with van der Waals surface area (Å²) in [6.07, 6.45) is 3.02. The maximum absolute atomic E-state index is 13.3. The summed E-state index contributed by atoms with van der Waals surface area (Å²) in [6, 6.07) is 15.1. The van der Waals surface area contributed by atoms with Crippen LogP contribution in [0, 0.1) is 0 Å². The first kappa shape index (κ1) is 19.1. The molecule has 6 heteroatoms. The highest BCUT2D eigenvalue weighted by Crippen LogP contribution is 2.40. The molecule has 1 amide bonds. The van der Waals surface area contributed by atoms with Crippen LogP contribution in [0.5, 0.6) is 5.75 Å². The lowest BCUT2D eigenvalue weighted by Crippen LogP contribution is -2.37. The Labute approximate surface area is 180 Å². The van der Waals surface area contributed by atoms with E-state index < -0.39 is 0 Å². The molecule has 5 rings (SSSR count). The van der Waals surface area contributed by atoms with Crippen LogP contribution < -0.4 is 4.74 Å². The van der Waals surface area contributed by atoms with Gasteiger partial charge < -0.3 is 9.64 Å². The molecule has 0 radical (unpaired) electrons. The van der Waals surface area contributed by atoms with E-state index >= 15 is 0 Å². The number of carbonyl (C=O) groups excluding carboxylic acids is 1. The number of halogens is 1. The van der Waals surface area contributed by atoms with E-state index in [1.165, 1.54) is 0 Å². The molecule has 1 aliphatic carbocycles. The molecule has 0 bridgehead atoms. The molecule has 3 aromatic rings. The van der Waals surface area contributed by atoms with Gasteiger partial charge in [-0.1, -0.05) is 35.9 Å². The van der Waals surface area contributed by atoms with E-state index in [-0.39, 0.29) is 5.91 Å². The van der Waals surface area contributed by atoms with Crippen molar-refractivity contribution in [1.82, 2.24) is 14.9 Å². The van der Waals surface area contributed by atoms with E-state index in [0.29, 0.717) is 35.3 Å². The number of rotatable bonds is 4. The van der Waals surface area contributed by atoms with Crippen LogP contribution in [0.4, 0.5) is 0 Å². The van der Waals surface area contributed by atoms with Crippen LogP contribution in [-0.4, -0.2) is 34.4 Å². The van der Waals surface area contributed by atoms with Gasteiger partial charge in [-0.05, 0) is 37.1 Å². The topological polar surface area (TPSA) is 55.3 Å². The maximum atomic E-state index is 13.3. The number of amides is 1. The Balaban J connectivity index is 1.53. The molecule has 152 valence electrons. The van der Waals surface area contributed by atoms with Crippen LogP contribution in [0.1, 0.15) is 46.2 Å². The zero-order valence-corrected chi connectivity index (χ0v) is 17.5. The van der Waals surface area contributed by atoms with Crippen molar-refractivity contribution < 1.29 is 9.53 Å². The highest BCUT2D eigenvalue weighted by molar-refractivity contribution is 6.30. The van der Waals surface area contributed by atoms with Gasteiger partial charge in [0.1, 0.15) is 11.6 Å². The minimum atomic E-state index is -0.0357. The molecule has 30 heavy (non-hydrogen) atoms. The summed E-state index contributed by atoms with van der Waals surface area (Å²) in [5, 5.41) is 0.692. The summed E-state index contributed by atoms with van der Waals surface area (Å²) in [6.45, 7) is 1.11. The third-order valence-electron chi connectivity index (χ3n) is 5.76. The summed E-state index contributed by atoms with van der Waals surface area (Å²) in [7, 11) is 1.59. The standard InChI is InChI=1S/C24H22ClN3O2/c1-30-21-5-3-2-4-18(21)24(29)28-13-12-20-19(14-28)22(15-8-10-17(25)11-9-15)27-23(26-20)16-6-7-16/h2-5,8-11,16H,6-7,12-14H2,1H3. The van der Waals surface area contributed by atoms with Gasteiger partial charge in [-0.15, -0.1) is 0 Å². The second-order valence-electron chi connectivity index (χ2n) is 7.81. The molecule has 0 atom stereocenters. The Kier molecular flexibility index (Phi) is 4.91. The maximum Gasteiger partial charge on any atom is 0.257 e. The van der Waals surface area contributed by atoms with Crippen molar-refractivity contribution in [1.29, 1.82) is 0 Å². The normalized spacial score (nSPS) is 15.6. The smallest absolute Gasteiger partial charge is 0.257 e. The first-order valence-electron chi connectivity index (χ1n) is 10.2. The van der Waals surface area contributed by atoms with Gasteiger partial charge in [-0.2, -0.15) is 0 Å². The van der Waals surface area contributed by atoms with E-state index in [1.807, 2.05) is 53.4 Å². The predicted molar refractivity (Wildman–Crippen MR) is 116 cm³/mol. The summed E-state index contributed by atoms with van der Waals surface area (Å²) >= 11 is 6.10. The molecule has 2 heterocycles.